The monoisotopic (exact) mass is 378 g/mol. The van der Waals surface area contributed by atoms with Crippen LogP contribution in [0.1, 0.15) is 22.0 Å². The van der Waals surface area contributed by atoms with Gasteiger partial charge >= 0.3 is 0 Å². The largest absolute Gasteiger partial charge is 0.379 e. The van der Waals surface area contributed by atoms with Gasteiger partial charge in [-0.1, -0.05) is 42.5 Å². The molecule has 0 spiro atoms. The van der Waals surface area contributed by atoms with Crippen molar-refractivity contribution in [1.82, 2.24) is 10.2 Å². The zero-order valence-corrected chi connectivity index (χ0v) is 15.6. The van der Waals surface area contributed by atoms with Crippen LogP contribution in [0.3, 0.4) is 0 Å². The van der Waals surface area contributed by atoms with Gasteiger partial charge in [0.2, 0.25) is 0 Å². The van der Waals surface area contributed by atoms with E-state index in [1.807, 2.05) is 12.1 Å². The standard InChI is InChI=1S/C23H23FN2O2/c24-19-10-8-18(9-11-19)23(27)25-16-22(26-12-14-28-15-13-26)21-7-3-5-17-4-1-2-6-20(17)21/h1-11,22H,12-16H2,(H,25,27)/t22-/m1/s1. The smallest absolute Gasteiger partial charge is 0.251 e. The summed E-state index contributed by atoms with van der Waals surface area (Å²) in [6, 6.07) is 20.3. The summed E-state index contributed by atoms with van der Waals surface area (Å²) in [4.78, 5) is 14.9. The highest BCUT2D eigenvalue weighted by Gasteiger charge is 2.24. The number of nitrogens with zero attached hydrogens (tertiary/aromatic N) is 1. The molecular formula is C23H23FN2O2. The number of hydrogen-bond donors (Lipinski definition) is 1. The van der Waals surface area contributed by atoms with Gasteiger partial charge in [0.1, 0.15) is 5.82 Å². The minimum Gasteiger partial charge on any atom is -0.379 e. The molecule has 0 radical (unpaired) electrons. The van der Waals surface area contributed by atoms with Crippen molar-refractivity contribution in [3.05, 3.63) is 83.7 Å². The second-order valence-electron chi connectivity index (χ2n) is 6.95. The van der Waals surface area contributed by atoms with Gasteiger partial charge < -0.3 is 10.1 Å². The van der Waals surface area contributed by atoms with Gasteiger partial charge in [-0.15, -0.1) is 0 Å². The molecule has 1 N–H and O–H groups in total. The molecule has 28 heavy (non-hydrogen) atoms. The number of halogens is 1. The Balaban J connectivity index is 1.60. The summed E-state index contributed by atoms with van der Waals surface area (Å²) < 4.78 is 18.6. The number of hydrogen-bond acceptors (Lipinski definition) is 3. The van der Waals surface area contributed by atoms with Gasteiger partial charge in [0.05, 0.1) is 19.3 Å². The summed E-state index contributed by atoms with van der Waals surface area (Å²) in [5.74, 6) is -0.544. The van der Waals surface area contributed by atoms with Gasteiger partial charge in [0.15, 0.2) is 0 Å². The van der Waals surface area contributed by atoms with Crippen LogP contribution < -0.4 is 5.32 Å². The maximum absolute atomic E-state index is 13.1. The Morgan fingerprint density at radius 3 is 2.50 bits per heavy atom. The second-order valence-corrected chi connectivity index (χ2v) is 6.95. The molecule has 4 nitrogen and oxygen atoms in total. The summed E-state index contributed by atoms with van der Waals surface area (Å²) >= 11 is 0. The van der Waals surface area contributed by atoms with E-state index in [1.165, 1.54) is 40.6 Å². The predicted octanol–water partition coefficient (Wildman–Crippen LogP) is 3.78. The number of carbonyl (C=O) groups excluding carboxylic acids is 1. The van der Waals surface area contributed by atoms with Crippen molar-refractivity contribution in [3.63, 3.8) is 0 Å². The Bertz CT molecular complexity index is 947. The lowest BCUT2D eigenvalue weighted by atomic mass is 9.97. The van der Waals surface area contributed by atoms with E-state index in [-0.39, 0.29) is 17.8 Å². The predicted molar refractivity (Wildman–Crippen MR) is 108 cm³/mol. The molecule has 1 fully saturated rings. The first-order chi connectivity index (χ1) is 13.7. The van der Waals surface area contributed by atoms with Gasteiger partial charge in [0.25, 0.3) is 5.91 Å². The molecule has 0 aromatic heterocycles. The van der Waals surface area contributed by atoms with Crippen molar-refractivity contribution in [2.75, 3.05) is 32.8 Å². The molecule has 1 aliphatic rings. The molecule has 0 bridgehead atoms. The van der Waals surface area contributed by atoms with E-state index in [1.54, 1.807) is 0 Å². The SMILES string of the molecule is O=C(NC[C@H](c1cccc2ccccc12)N1CCOCC1)c1ccc(F)cc1. The minimum atomic E-state index is -0.349. The quantitative estimate of drug-likeness (QED) is 0.735. The number of amides is 1. The fraction of sp³-hybridized carbons (Fsp3) is 0.261. The molecule has 0 saturated carbocycles. The Hall–Kier alpha value is -2.76. The van der Waals surface area contributed by atoms with Gasteiger partial charge in [-0.3, -0.25) is 9.69 Å². The molecule has 1 amide bonds. The first kappa shape index (κ1) is 18.6. The van der Waals surface area contributed by atoms with E-state index < -0.39 is 0 Å². The van der Waals surface area contributed by atoms with E-state index in [9.17, 15) is 9.18 Å². The van der Waals surface area contributed by atoms with Crippen molar-refractivity contribution in [2.24, 2.45) is 0 Å². The third-order valence-electron chi connectivity index (χ3n) is 5.23. The van der Waals surface area contributed by atoms with Crippen LogP contribution in [-0.4, -0.2) is 43.7 Å². The highest BCUT2D eigenvalue weighted by Crippen LogP contribution is 2.28. The lowest BCUT2D eigenvalue weighted by Crippen LogP contribution is -2.43. The van der Waals surface area contributed by atoms with Gasteiger partial charge in [0, 0.05) is 25.2 Å². The number of rotatable bonds is 5. The van der Waals surface area contributed by atoms with Crippen LogP contribution in [0.4, 0.5) is 4.39 Å². The van der Waals surface area contributed by atoms with E-state index in [4.69, 9.17) is 4.74 Å². The fourth-order valence-electron chi connectivity index (χ4n) is 3.76. The fourth-order valence-corrected chi connectivity index (χ4v) is 3.76. The maximum Gasteiger partial charge on any atom is 0.251 e. The normalized spacial score (nSPS) is 16.0. The van der Waals surface area contributed by atoms with Crippen LogP contribution in [0.2, 0.25) is 0 Å². The number of benzene rings is 3. The number of morpholine rings is 1. The zero-order chi connectivity index (χ0) is 19.3. The van der Waals surface area contributed by atoms with Gasteiger partial charge in [-0.2, -0.15) is 0 Å². The zero-order valence-electron chi connectivity index (χ0n) is 15.6. The molecule has 1 saturated heterocycles. The molecule has 1 aliphatic heterocycles. The number of carbonyl (C=O) groups is 1. The number of ether oxygens (including phenoxy) is 1. The van der Waals surface area contributed by atoms with E-state index in [0.717, 1.165) is 13.1 Å². The van der Waals surface area contributed by atoms with Crippen LogP contribution in [0.25, 0.3) is 10.8 Å². The van der Waals surface area contributed by atoms with Crippen molar-refractivity contribution in [2.45, 2.75) is 6.04 Å². The molecular weight excluding hydrogens is 355 g/mol. The molecule has 0 unspecified atom stereocenters. The van der Waals surface area contributed by atoms with Crippen molar-refractivity contribution < 1.29 is 13.9 Å². The van der Waals surface area contributed by atoms with Crippen LogP contribution in [0.5, 0.6) is 0 Å². The molecule has 5 heteroatoms. The second kappa shape index (κ2) is 8.50. The van der Waals surface area contributed by atoms with Crippen molar-refractivity contribution >= 4 is 16.7 Å². The van der Waals surface area contributed by atoms with Crippen LogP contribution in [0, 0.1) is 5.82 Å². The molecule has 4 rings (SSSR count). The van der Waals surface area contributed by atoms with Crippen molar-refractivity contribution in [1.29, 1.82) is 0 Å². The Labute approximate surface area is 163 Å². The molecule has 1 atom stereocenters. The highest BCUT2D eigenvalue weighted by molar-refractivity contribution is 5.94. The van der Waals surface area contributed by atoms with Crippen molar-refractivity contribution in [3.8, 4) is 0 Å². The van der Waals surface area contributed by atoms with Crippen LogP contribution in [-0.2, 0) is 4.74 Å². The summed E-state index contributed by atoms with van der Waals surface area (Å²) in [6.07, 6.45) is 0. The first-order valence-electron chi connectivity index (χ1n) is 9.55. The highest BCUT2D eigenvalue weighted by atomic mass is 19.1. The van der Waals surface area contributed by atoms with Crippen LogP contribution in [0.15, 0.2) is 66.7 Å². The molecule has 3 aromatic rings. The average molecular weight is 378 g/mol. The van der Waals surface area contributed by atoms with Gasteiger partial charge in [-0.05, 0) is 40.6 Å². The molecule has 144 valence electrons. The average Bonchev–Trinajstić information content (AvgIpc) is 2.75. The molecule has 0 aliphatic carbocycles. The summed E-state index contributed by atoms with van der Waals surface area (Å²) in [5, 5.41) is 5.41. The Morgan fingerprint density at radius 2 is 1.71 bits per heavy atom. The first-order valence-corrected chi connectivity index (χ1v) is 9.55. The van der Waals surface area contributed by atoms with E-state index in [2.05, 4.69) is 40.5 Å². The number of nitrogens with one attached hydrogen (secondary N) is 1. The Kier molecular flexibility index (Phi) is 5.65. The molecule has 1 heterocycles. The van der Waals surface area contributed by atoms with Gasteiger partial charge in [-0.25, -0.2) is 4.39 Å². The topological polar surface area (TPSA) is 41.6 Å². The maximum atomic E-state index is 13.1. The Morgan fingerprint density at radius 1 is 1.00 bits per heavy atom. The third-order valence-corrected chi connectivity index (χ3v) is 5.23. The summed E-state index contributed by atoms with van der Waals surface area (Å²) in [6.45, 7) is 3.49. The lowest BCUT2D eigenvalue weighted by molar-refractivity contribution is 0.0165. The molecule has 3 aromatic carbocycles. The van der Waals surface area contributed by atoms with E-state index >= 15 is 0 Å². The summed E-state index contributed by atoms with van der Waals surface area (Å²) in [5.41, 5.74) is 1.65. The number of fused-ring (bicyclic) bond motifs is 1. The minimum absolute atomic E-state index is 0.0411. The van der Waals surface area contributed by atoms with E-state index in [0.29, 0.717) is 25.3 Å². The lowest BCUT2D eigenvalue weighted by Gasteiger charge is -2.35. The summed E-state index contributed by atoms with van der Waals surface area (Å²) in [7, 11) is 0. The van der Waals surface area contributed by atoms with Crippen LogP contribution >= 0.6 is 0 Å². The third kappa shape index (κ3) is 4.06.